The Morgan fingerprint density at radius 3 is 2.23 bits per heavy atom. The van der Waals surface area contributed by atoms with Gasteiger partial charge in [0.15, 0.2) is 0 Å². The van der Waals surface area contributed by atoms with E-state index in [0.29, 0.717) is 28.9 Å². The van der Waals surface area contributed by atoms with Gasteiger partial charge in [0.2, 0.25) is 11.8 Å². The molecule has 0 saturated heterocycles. The molecular weight excluding hydrogens is 594 g/mol. The van der Waals surface area contributed by atoms with Crippen molar-refractivity contribution < 1.29 is 22.7 Å². The summed E-state index contributed by atoms with van der Waals surface area (Å²) in [7, 11) is -2.54. The second-order valence-electron chi connectivity index (χ2n) is 9.74. The lowest BCUT2D eigenvalue weighted by atomic mass is 10.1. The Hall–Kier alpha value is -3.37. The second kappa shape index (κ2) is 14.3. The molecule has 0 bridgehead atoms. The minimum atomic E-state index is -4.11. The zero-order valence-corrected chi connectivity index (χ0v) is 25.6. The molecule has 10 heteroatoms. The van der Waals surface area contributed by atoms with Gasteiger partial charge in [0.05, 0.1) is 17.7 Å². The van der Waals surface area contributed by atoms with Crippen molar-refractivity contribution in [1.29, 1.82) is 0 Å². The van der Waals surface area contributed by atoms with Gasteiger partial charge < -0.3 is 15.0 Å². The molecule has 1 unspecified atom stereocenters. The molecule has 3 aromatic rings. The molecule has 0 radical (unpaired) electrons. The van der Waals surface area contributed by atoms with E-state index in [1.54, 1.807) is 61.7 Å². The molecule has 3 aromatic carbocycles. The Labute approximate surface area is 245 Å². The summed E-state index contributed by atoms with van der Waals surface area (Å²) in [4.78, 5) is 28.9. The largest absolute Gasteiger partial charge is 0.497 e. The number of carbonyl (C=O) groups is 2. The molecule has 0 aromatic heterocycles. The van der Waals surface area contributed by atoms with Crippen molar-refractivity contribution in [3.63, 3.8) is 0 Å². The standard InChI is InChI=1S/C30H36BrN3O5S/c1-5-28(30(36)32-19-22(2)3)33(20-23-14-16-26(39-4)17-15-23)29(35)21-34(25-11-9-10-24(31)18-25)40(37,38)27-12-7-6-8-13-27/h6-18,22,28H,5,19-21H2,1-4H3,(H,32,36). The van der Waals surface area contributed by atoms with Crippen molar-refractivity contribution in [3.05, 3.63) is 88.9 Å². The summed E-state index contributed by atoms with van der Waals surface area (Å²) in [5, 5.41) is 2.93. The van der Waals surface area contributed by atoms with Crippen molar-refractivity contribution in [3.8, 4) is 5.75 Å². The van der Waals surface area contributed by atoms with Crippen LogP contribution in [0.15, 0.2) is 88.2 Å². The molecule has 214 valence electrons. The lowest BCUT2D eigenvalue weighted by Crippen LogP contribution is -2.52. The lowest BCUT2D eigenvalue weighted by molar-refractivity contribution is -0.140. The van der Waals surface area contributed by atoms with Crippen LogP contribution in [0.5, 0.6) is 5.75 Å². The number of sulfonamides is 1. The average molecular weight is 631 g/mol. The van der Waals surface area contributed by atoms with Crippen LogP contribution in [0.3, 0.4) is 0 Å². The third kappa shape index (κ3) is 8.08. The number of carbonyl (C=O) groups excluding carboxylic acids is 2. The van der Waals surface area contributed by atoms with Gasteiger partial charge in [-0.25, -0.2) is 8.42 Å². The zero-order chi connectivity index (χ0) is 29.3. The normalized spacial score (nSPS) is 12.1. The molecule has 1 atom stereocenters. The molecule has 0 spiro atoms. The number of hydrogen-bond donors (Lipinski definition) is 1. The fourth-order valence-corrected chi connectivity index (χ4v) is 5.96. The molecule has 0 aliphatic heterocycles. The lowest BCUT2D eigenvalue weighted by Gasteiger charge is -2.33. The van der Waals surface area contributed by atoms with Gasteiger partial charge in [-0.2, -0.15) is 0 Å². The van der Waals surface area contributed by atoms with Gasteiger partial charge in [-0.15, -0.1) is 0 Å². The van der Waals surface area contributed by atoms with E-state index in [2.05, 4.69) is 21.2 Å². The summed E-state index contributed by atoms with van der Waals surface area (Å²) >= 11 is 3.41. The van der Waals surface area contributed by atoms with Gasteiger partial charge >= 0.3 is 0 Å². The van der Waals surface area contributed by atoms with Crippen LogP contribution >= 0.6 is 15.9 Å². The minimum Gasteiger partial charge on any atom is -0.497 e. The van der Waals surface area contributed by atoms with E-state index < -0.39 is 28.5 Å². The molecule has 3 rings (SSSR count). The summed E-state index contributed by atoms with van der Waals surface area (Å²) in [6.07, 6.45) is 0.355. The number of hydrogen-bond acceptors (Lipinski definition) is 5. The summed E-state index contributed by atoms with van der Waals surface area (Å²) in [5.41, 5.74) is 1.11. The number of nitrogens with one attached hydrogen (secondary N) is 1. The van der Waals surface area contributed by atoms with Crippen molar-refractivity contribution in [2.45, 2.75) is 44.7 Å². The molecule has 1 N–H and O–H groups in total. The molecule has 0 heterocycles. The van der Waals surface area contributed by atoms with Crippen molar-refractivity contribution >= 4 is 43.5 Å². The second-order valence-corrected chi connectivity index (χ2v) is 12.5. The van der Waals surface area contributed by atoms with E-state index in [-0.39, 0.29) is 23.3 Å². The van der Waals surface area contributed by atoms with Gasteiger partial charge in [-0.1, -0.05) is 73.1 Å². The Morgan fingerprint density at radius 2 is 1.65 bits per heavy atom. The Balaban J connectivity index is 2.03. The van der Waals surface area contributed by atoms with Crippen LogP contribution in [0.1, 0.15) is 32.8 Å². The summed E-state index contributed by atoms with van der Waals surface area (Å²) in [5.74, 6) is 0.119. The van der Waals surface area contributed by atoms with Gasteiger partial charge in [0, 0.05) is 17.6 Å². The third-order valence-corrected chi connectivity index (χ3v) is 8.57. The SMILES string of the molecule is CCC(C(=O)NCC(C)C)N(Cc1ccc(OC)cc1)C(=O)CN(c1cccc(Br)c1)S(=O)(=O)c1ccccc1. The van der Waals surface area contributed by atoms with Crippen LogP contribution in [0.2, 0.25) is 0 Å². The number of halogens is 1. The number of nitrogens with zero attached hydrogens (tertiary/aromatic N) is 2. The number of amides is 2. The van der Waals surface area contributed by atoms with E-state index in [0.717, 1.165) is 9.87 Å². The molecule has 40 heavy (non-hydrogen) atoms. The number of ether oxygens (including phenoxy) is 1. The highest BCUT2D eigenvalue weighted by Crippen LogP contribution is 2.27. The van der Waals surface area contributed by atoms with Crippen LogP contribution in [-0.4, -0.2) is 51.4 Å². The first-order valence-corrected chi connectivity index (χ1v) is 15.3. The van der Waals surface area contributed by atoms with Gasteiger partial charge in [-0.05, 0) is 60.4 Å². The predicted octanol–water partition coefficient (Wildman–Crippen LogP) is 5.23. The molecular formula is C30H36BrN3O5S. The minimum absolute atomic E-state index is 0.0613. The third-order valence-electron chi connectivity index (χ3n) is 6.29. The predicted molar refractivity (Wildman–Crippen MR) is 161 cm³/mol. The first kappa shape index (κ1) is 31.2. The first-order chi connectivity index (χ1) is 19.1. The zero-order valence-electron chi connectivity index (χ0n) is 23.2. The van der Waals surface area contributed by atoms with E-state index >= 15 is 0 Å². The van der Waals surface area contributed by atoms with Gasteiger partial charge in [0.25, 0.3) is 10.0 Å². The van der Waals surface area contributed by atoms with Crippen LogP contribution < -0.4 is 14.4 Å². The highest BCUT2D eigenvalue weighted by atomic mass is 79.9. The maximum atomic E-state index is 14.1. The molecule has 8 nitrogen and oxygen atoms in total. The van der Waals surface area contributed by atoms with Gasteiger partial charge in [-0.3, -0.25) is 13.9 Å². The van der Waals surface area contributed by atoms with Crippen molar-refractivity contribution in [2.75, 3.05) is 24.5 Å². The fourth-order valence-electron chi connectivity index (χ4n) is 4.15. The molecule has 0 aliphatic rings. The Morgan fingerprint density at radius 1 is 0.975 bits per heavy atom. The topological polar surface area (TPSA) is 96.0 Å². The van der Waals surface area contributed by atoms with Crippen molar-refractivity contribution in [1.82, 2.24) is 10.2 Å². The molecule has 2 amide bonds. The molecule has 0 fully saturated rings. The smallest absolute Gasteiger partial charge is 0.264 e. The highest BCUT2D eigenvalue weighted by molar-refractivity contribution is 9.10. The first-order valence-electron chi connectivity index (χ1n) is 13.1. The van der Waals surface area contributed by atoms with Crippen LogP contribution in [0.4, 0.5) is 5.69 Å². The van der Waals surface area contributed by atoms with E-state index in [1.165, 1.54) is 17.0 Å². The number of rotatable bonds is 13. The number of benzene rings is 3. The van der Waals surface area contributed by atoms with E-state index in [9.17, 15) is 18.0 Å². The number of methoxy groups -OCH3 is 1. The van der Waals surface area contributed by atoms with E-state index in [4.69, 9.17) is 4.74 Å². The van der Waals surface area contributed by atoms with Crippen LogP contribution in [-0.2, 0) is 26.2 Å². The molecule has 0 aliphatic carbocycles. The Bertz CT molecular complexity index is 1380. The fraction of sp³-hybridized carbons (Fsp3) is 0.333. The monoisotopic (exact) mass is 629 g/mol. The van der Waals surface area contributed by atoms with Crippen LogP contribution in [0.25, 0.3) is 0 Å². The van der Waals surface area contributed by atoms with Gasteiger partial charge in [0.1, 0.15) is 18.3 Å². The summed E-state index contributed by atoms with van der Waals surface area (Å²) < 4.78 is 34.7. The molecule has 0 saturated carbocycles. The van der Waals surface area contributed by atoms with E-state index in [1.807, 2.05) is 32.9 Å². The average Bonchev–Trinajstić information content (AvgIpc) is 2.95. The highest BCUT2D eigenvalue weighted by Gasteiger charge is 2.33. The maximum absolute atomic E-state index is 14.1. The summed E-state index contributed by atoms with van der Waals surface area (Å²) in [6, 6.07) is 21.2. The maximum Gasteiger partial charge on any atom is 0.264 e. The summed E-state index contributed by atoms with van der Waals surface area (Å²) in [6.45, 7) is 5.91. The van der Waals surface area contributed by atoms with Crippen molar-refractivity contribution in [2.24, 2.45) is 5.92 Å². The quantitative estimate of drug-likeness (QED) is 0.279. The number of anilines is 1. The Kier molecular flexibility index (Phi) is 11.2. The van der Waals surface area contributed by atoms with Crippen LogP contribution in [0, 0.1) is 5.92 Å².